The Bertz CT molecular complexity index is 1470. The van der Waals surface area contributed by atoms with E-state index in [0.29, 0.717) is 17.9 Å². The Morgan fingerprint density at radius 3 is 2.58 bits per heavy atom. The fraction of sp³-hybridized carbons (Fsp3) is 0.120. The summed E-state index contributed by atoms with van der Waals surface area (Å²) in [5.74, 6) is 0.238. The minimum absolute atomic E-state index is 0.238. The van der Waals surface area contributed by atoms with Crippen molar-refractivity contribution in [3.05, 3.63) is 83.1 Å². The number of Topliss-reactive ketones (excluding diaryl/α,β-unsaturated/α-hetero) is 1. The number of aromatic nitrogens is 4. The van der Waals surface area contributed by atoms with Gasteiger partial charge in [-0.1, -0.05) is 41.9 Å². The van der Waals surface area contributed by atoms with E-state index in [4.69, 9.17) is 26.7 Å². The van der Waals surface area contributed by atoms with Crippen LogP contribution in [0.3, 0.4) is 0 Å². The second-order valence-corrected chi connectivity index (χ2v) is 8.24. The number of hydrogen-bond donors (Lipinski definition) is 0. The van der Waals surface area contributed by atoms with Crippen LogP contribution >= 0.6 is 11.6 Å². The molecule has 5 aromatic rings. The number of rotatable bonds is 2. The van der Waals surface area contributed by atoms with Crippen LogP contribution < -0.4 is 0 Å². The average Bonchev–Trinajstić information content (AvgIpc) is 3.19. The second kappa shape index (κ2) is 7.00. The molecule has 0 unspecified atom stereocenters. The Morgan fingerprint density at radius 2 is 1.77 bits per heavy atom. The molecule has 0 radical (unpaired) electrons. The molecule has 0 N–H and O–H groups in total. The minimum Gasteiger partial charge on any atom is -0.299 e. The van der Waals surface area contributed by atoms with E-state index in [0.717, 1.165) is 56.6 Å². The summed E-state index contributed by atoms with van der Waals surface area (Å²) < 4.78 is 1.85. The number of ketones is 1. The van der Waals surface area contributed by atoms with Crippen LogP contribution in [0.4, 0.5) is 0 Å². The van der Waals surface area contributed by atoms with Gasteiger partial charge in [-0.3, -0.25) is 9.78 Å². The molecule has 150 valence electrons. The van der Waals surface area contributed by atoms with Crippen molar-refractivity contribution in [2.75, 3.05) is 0 Å². The van der Waals surface area contributed by atoms with Crippen molar-refractivity contribution in [1.82, 2.24) is 19.7 Å². The highest BCUT2D eigenvalue weighted by atomic mass is 35.5. The fourth-order valence-electron chi connectivity index (χ4n) is 4.26. The number of para-hydroxylation sites is 1. The summed E-state index contributed by atoms with van der Waals surface area (Å²) in [6.07, 6.45) is 3.56. The lowest BCUT2D eigenvalue weighted by Gasteiger charge is -2.15. The molecule has 0 fully saturated rings. The quantitative estimate of drug-likeness (QED) is 0.383. The maximum absolute atomic E-state index is 12.1. The zero-order valence-corrected chi connectivity index (χ0v) is 17.3. The monoisotopic (exact) mass is 424 g/mol. The first-order valence-electron chi connectivity index (χ1n) is 10.2. The Labute approximate surface area is 183 Å². The van der Waals surface area contributed by atoms with Gasteiger partial charge in [-0.25, -0.2) is 9.67 Å². The molecule has 0 bridgehead atoms. The lowest BCUT2D eigenvalue weighted by molar-refractivity contribution is -0.118. The number of fused-ring (bicyclic) bond motifs is 4. The molecule has 5 nitrogen and oxygen atoms in total. The summed E-state index contributed by atoms with van der Waals surface area (Å²) in [6, 6.07) is 19.7. The van der Waals surface area contributed by atoms with E-state index in [2.05, 4.69) is 6.07 Å². The van der Waals surface area contributed by atoms with E-state index in [1.807, 2.05) is 65.5 Å². The maximum atomic E-state index is 12.1. The maximum Gasteiger partial charge on any atom is 0.165 e. The van der Waals surface area contributed by atoms with Gasteiger partial charge in [0.25, 0.3) is 0 Å². The van der Waals surface area contributed by atoms with E-state index < -0.39 is 0 Å². The van der Waals surface area contributed by atoms with Gasteiger partial charge >= 0.3 is 0 Å². The molecule has 2 aromatic carbocycles. The summed E-state index contributed by atoms with van der Waals surface area (Å²) in [5.41, 5.74) is 6.22. The molecule has 31 heavy (non-hydrogen) atoms. The van der Waals surface area contributed by atoms with Crippen LogP contribution in [0.25, 0.3) is 38.9 Å². The van der Waals surface area contributed by atoms with Crippen molar-refractivity contribution in [1.29, 1.82) is 0 Å². The molecule has 0 amide bonds. The summed E-state index contributed by atoms with van der Waals surface area (Å²) in [4.78, 5) is 21.8. The average molecular weight is 425 g/mol. The molecule has 3 heterocycles. The normalized spacial score (nSPS) is 13.6. The van der Waals surface area contributed by atoms with Gasteiger partial charge < -0.3 is 0 Å². The number of halogens is 1. The number of carbonyl (C=O) groups excluding carboxylic acids is 1. The number of pyridine rings is 2. The van der Waals surface area contributed by atoms with Gasteiger partial charge in [0, 0.05) is 35.0 Å². The van der Waals surface area contributed by atoms with Gasteiger partial charge in [0.2, 0.25) is 0 Å². The molecule has 3 aromatic heterocycles. The molecule has 1 aliphatic carbocycles. The molecule has 6 heteroatoms. The number of hydrogen-bond acceptors (Lipinski definition) is 4. The van der Waals surface area contributed by atoms with Crippen molar-refractivity contribution in [3.8, 4) is 16.9 Å². The molecular weight excluding hydrogens is 408 g/mol. The minimum atomic E-state index is 0.238. The van der Waals surface area contributed by atoms with Gasteiger partial charge in [0.1, 0.15) is 11.5 Å². The number of aryl methyl sites for hydroxylation is 1. The van der Waals surface area contributed by atoms with Crippen molar-refractivity contribution in [2.45, 2.75) is 19.3 Å². The van der Waals surface area contributed by atoms with Crippen LogP contribution in [-0.2, 0) is 17.6 Å². The van der Waals surface area contributed by atoms with Crippen LogP contribution in [0.15, 0.2) is 66.9 Å². The van der Waals surface area contributed by atoms with Crippen molar-refractivity contribution in [2.24, 2.45) is 0 Å². The Kier molecular flexibility index (Phi) is 4.11. The van der Waals surface area contributed by atoms with Gasteiger partial charge in [0.15, 0.2) is 5.65 Å². The molecule has 1 aliphatic rings. The van der Waals surface area contributed by atoms with Gasteiger partial charge in [0.05, 0.1) is 22.3 Å². The molecule has 0 atom stereocenters. The smallest absolute Gasteiger partial charge is 0.165 e. The van der Waals surface area contributed by atoms with E-state index in [-0.39, 0.29) is 5.78 Å². The zero-order chi connectivity index (χ0) is 20.9. The van der Waals surface area contributed by atoms with Crippen LogP contribution in [0.1, 0.15) is 17.7 Å². The Hall–Kier alpha value is -3.57. The topological polar surface area (TPSA) is 60.7 Å². The predicted octanol–water partition coefficient (Wildman–Crippen LogP) is 5.35. The van der Waals surface area contributed by atoms with E-state index >= 15 is 0 Å². The van der Waals surface area contributed by atoms with Crippen molar-refractivity contribution in [3.63, 3.8) is 0 Å². The van der Waals surface area contributed by atoms with Crippen molar-refractivity contribution < 1.29 is 4.79 Å². The zero-order valence-electron chi connectivity index (χ0n) is 16.5. The highest BCUT2D eigenvalue weighted by Crippen LogP contribution is 2.35. The fourth-order valence-corrected chi connectivity index (χ4v) is 4.39. The lowest BCUT2D eigenvalue weighted by atomic mass is 9.93. The van der Waals surface area contributed by atoms with Crippen LogP contribution in [0, 0.1) is 0 Å². The first-order valence-corrected chi connectivity index (χ1v) is 10.6. The highest BCUT2D eigenvalue weighted by Gasteiger charge is 2.22. The first kappa shape index (κ1) is 18.2. The number of benzene rings is 2. The van der Waals surface area contributed by atoms with Crippen LogP contribution in [-0.4, -0.2) is 25.5 Å². The third-order valence-corrected chi connectivity index (χ3v) is 6.05. The predicted molar refractivity (Wildman–Crippen MR) is 122 cm³/mol. The molecule has 0 aliphatic heterocycles. The molecular formula is C25H17ClN4O. The molecule has 6 rings (SSSR count). The van der Waals surface area contributed by atoms with Crippen LogP contribution in [0.2, 0.25) is 5.02 Å². The lowest BCUT2D eigenvalue weighted by Crippen LogP contribution is -2.15. The summed E-state index contributed by atoms with van der Waals surface area (Å²) in [7, 11) is 0. The summed E-state index contributed by atoms with van der Waals surface area (Å²) >= 11 is 6.12. The van der Waals surface area contributed by atoms with Gasteiger partial charge in [-0.05, 0) is 42.3 Å². The third-order valence-electron chi connectivity index (χ3n) is 5.80. The Balaban J connectivity index is 1.71. The molecule has 0 saturated heterocycles. The standard InChI is InChI=1S/C25H17ClN4O/c26-18-9-6-15(7-10-18)24-22-23-17(12-16-8-11-20(31)13-21(16)28-23)14-27-25(22)30(29-24)19-4-2-1-3-5-19/h1-7,9-10,12,14H,8,11,13H2. The highest BCUT2D eigenvalue weighted by molar-refractivity contribution is 6.30. The molecule has 0 spiro atoms. The summed E-state index contributed by atoms with van der Waals surface area (Å²) in [5, 5.41) is 7.45. The number of nitrogens with zero attached hydrogens (tertiary/aromatic N) is 4. The Morgan fingerprint density at radius 1 is 0.968 bits per heavy atom. The number of carbonyl (C=O) groups is 1. The van der Waals surface area contributed by atoms with E-state index in [1.54, 1.807) is 0 Å². The largest absolute Gasteiger partial charge is 0.299 e. The summed E-state index contributed by atoms with van der Waals surface area (Å²) in [6.45, 7) is 0. The van der Waals surface area contributed by atoms with E-state index in [9.17, 15) is 4.79 Å². The first-order chi connectivity index (χ1) is 15.2. The second-order valence-electron chi connectivity index (χ2n) is 7.81. The van der Waals surface area contributed by atoms with Crippen LogP contribution in [0.5, 0.6) is 0 Å². The van der Waals surface area contributed by atoms with E-state index in [1.165, 1.54) is 0 Å². The SMILES string of the molecule is O=C1CCc2cc3cnc4c(c(-c5ccc(Cl)cc5)nn4-c4ccccc4)c3nc2C1. The molecule has 0 saturated carbocycles. The third kappa shape index (κ3) is 3.01. The van der Waals surface area contributed by atoms with Gasteiger partial charge in [-0.15, -0.1) is 0 Å². The van der Waals surface area contributed by atoms with Crippen molar-refractivity contribution >= 4 is 39.3 Å². The van der Waals surface area contributed by atoms with Gasteiger partial charge in [-0.2, -0.15) is 5.10 Å².